The molecule has 3 aliphatic rings. The Bertz CT molecular complexity index is 422. The van der Waals surface area contributed by atoms with Crippen LogP contribution in [0.15, 0.2) is 11.3 Å². The van der Waals surface area contributed by atoms with E-state index in [1.807, 2.05) is 0 Å². The molecule has 3 aliphatic carbocycles. The maximum absolute atomic E-state index is 12.0. The van der Waals surface area contributed by atoms with Gasteiger partial charge in [-0.05, 0) is 57.3 Å². The molecule has 1 saturated carbocycles. The third-order valence-electron chi connectivity index (χ3n) is 4.54. The number of carbonyl (C=O) groups excluding carboxylic acids is 1. The molecule has 108 valence electrons. The van der Waals surface area contributed by atoms with E-state index in [9.17, 15) is 4.79 Å². The van der Waals surface area contributed by atoms with E-state index in [2.05, 4.69) is 33.5 Å². The minimum Gasteiger partial charge on any atom is -0.547 e. The molecule has 3 rings (SSSR count). The van der Waals surface area contributed by atoms with Crippen molar-refractivity contribution in [2.75, 3.05) is 7.11 Å². The molecule has 0 saturated heterocycles. The number of ether oxygens (including phenoxy) is 1. The molecule has 3 nitrogen and oxygen atoms in total. The largest absolute Gasteiger partial charge is 0.547 e. The van der Waals surface area contributed by atoms with Gasteiger partial charge in [0.2, 0.25) is 8.32 Å². The van der Waals surface area contributed by atoms with Crippen LogP contribution in [0.4, 0.5) is 0 Å². The highest BCUT2D eigenvalue weighted by Crippen LogP contribution is 2.56. The number of rotatable bonds is 3. The summed E-state index contributed by atoms with van der Waals surface area (Å²) in [5.41, 5.74) is 1.32. The zero-order valence-corrected chi connectivity index (χ0v) is 14.0. The molecule has 0 aromatic heterocycles. The van der Waals surface area contributed by atoms with E-state index in [1.54, 1.807) is 0 Å². The molecule has 3 atom stereocenters. The van der Waals surface area contributed by atoms with Crippen LogP contribution >= 0.6 is 0 Å². The minimum atomic E-state index is -1.60. The summed E-state index contributed by atoms with van der Waals surface area (Å²) < 4.78 is 11.3. The fourth-order valence-corrected chi connectivity index (χ4v) is 4.70. The van der Waals surface area contributed by atoms with Gasteiger partial charge < -0.3 is 9.16 Å². The lowest BCUT2D eigenvalue weighted by atomic mass is 9.57. The highest BCUT2D eigenvalue weighted by Gasteiger charge is 2.51. The average Bonchev–Trinajstić information content (AvgIpc) is 2.31. The van der Waals surface area contributed by atoms with Crippen LogP contribution in [0, 0.1) is 17.3 Å². The number of fused-ring (bicyclic) bond motifs is 2. The van der Waals surface area contributed by atoms with Gasteiger partial charge in [-0.2, -0.15) is 0 Å². The minimum absolute atomic E-state index is 0.0257. The SMILES string of the molecule is COC(=O)[C@H]1C[C@]2(C)CC[C@H]1C(C)=C2O[Si](C)(C)C. The van der Waals surface area contributed by atoms with Crippen molar-refractivity contribution >= 4 is 14.3 Å². The first-order valence-electron chi connectivity index (χ1n) is 7.16. The smallest absolute Gasteiger partial charge is 0.309 e. The standard InChI is InChI=1S/C15H26O3Si/c1-10-11-7-8-15(2,9-12(11)14(16)17-3)13(10)18-19(4,5)6/h11-12H,7-9H2,1-6H3/t11-,12-,15-/m0/s1. The van der Waals surface area contributed by atoms with Crippen LogP contribution in [-0.2, 0) is 14.0 Å². The molecule has 19 heavy (non-hydrogen) atoms. The molecule has 2 bridgehead atoms. The first-order valence-corrected chi connectivity index (χ1v) is 10.6. The fraction of sp³-hybridized carbons (Fsp3) is 0.800. The number of esters is 1. The number of methoxy groups -OCH3 is 1. The van der Waals surface area contributed by atoms with Crippen molar-refractivity contribution < 1.29 is 14.0 Å². The normalized spacial score (nSPS) is 34.4. The Morgan fingerprint density at radius 1 is 1.37 bits per heavy atom. The molecule has 0 aliphatic heterocycles. The molecule has 0 spiro atoms. The Morgan fingerprint density at radius 2 is 2.00 bits per heavy atom. The predicted molar refractivity (Wildman–Crippen MR) is 78.1 cm³/mol. The van der Waals surface area contributed by atoms with Gasteiger partial charge in [0.15, 0.2) is 0 Å². The van der Waals surface area contributed by atoms with Gasteiger partial charge in [-0.3, -0.25) is 4.79 Å². The molecule has 0 aromatic rings. The lowest BCUT2D eigenvalue weighted by molar-refractivity contribution is -0.150. The van der Waals surface area contributed by atoms with Gasteiger partial charge in [0, 0.05) is 5.41 Å². The quantitative estimate of drug-likeness (QED) is 0.584. The van der Waals surface area contributed by atoms with Crippen molar-refractivity contribution in [1.82, 2.24) is 0 Å². The molecular weight excluding hydrogens is 256 g/mol. The number of hydrogen-bond donors (Lipinski definition) is 0. The summed E-state index contributed by atoms with van der Waals surface area (Å²) in [5.74, 6) is 1.48. The average molecular weight is 282 g/mol. The summed E-state index contributed by atoms with van der Waals surface area (Å²) in [6.45, 7) is 11.0. The molecule has 0 unspecified atom stereocenters. The summed E-state index contributed by atoms with van der Waals surface area (Å²) in [7, 11) is -0.111. The highest BCUT2D eigenvalue weighted by molar-refractivity contribution is 6.70. The van der Waals surface area contributed by atoms with Gasteiger partial charge in [0.05, 0.1) is 18.8 Å². The Balaban J connectivity index is 2.35. The Morgan fingerprint density at radius 3 is 2.47 bits per heavy atom. The van der Waals surface area contributed by atoms with Gasteiger partial charge in [-0.15, -0.1) is 0 Å². The Labute approximate surface area is 117 Å². The van der Waals surface area contributed by atoms with Crippen LogP contribution in [0.3, 0.4) is 0 Å². The Kier molecular flexibility index (Phi) is 3.58. The second-order valence-corrected chi connectivity index (χ2v) is 11.7. The summed E-state index contributed by atoms with van der Waals surface area (Å²) in [6, 6.07) is 0. The monoisotopic (exact) mass is 282 g/mol. The first kappa shape index (κ1) is 14.6. The molecule has 0 amide bonds. The topological polar surface area (TPSA) is 35.5 Å². The van der Waals surface area contributed by atoms with Gasteiger partial charge in [-0.1, -0.05) is 6.92 Å². The van der Waals surface area contributed by atoms with Crippen molar-refractivity contribution in [3.8, 4) is 0 Å². The van der Waals surface area contributed by atoms with Crippen molar-refractivity contribution in [2.24, 2.45) is 17.3 Å². The molecule has 0 aromatic carbocycles. The van der Waals surface area contributed by atoms with Crippen molar-refractivity contribution in [1.29, 1.82) is 0 Å². The summed E-state index contributed by atoms with van der Waals surface area (Å²) in [5, 5.41) is 0. The van der Waals surface area contributed by atoms with Gasteiger partial charge >= 0.3 is 5.97 Å². The van der Waals surface area contributed by atoms with Crippen LogP contribution < -0.4 is 0 Å². The second-order valence-electron chi connectivity index (χ2n) is 7.27. The predicted octanol–water partition coefficient (Wildman–Crippen LogP) is 3.72. The van der Waals surface area contributed by atoms with Gasteiger partial charge in [0.1, 0.15) is 0 Å². The van der Waals surface area contributed by atoms with E-state index in [0.29, 0.717) is 5.92 Å². The van der Waals surface area contributed by atoms with Crippen LogP contribution in [0.2, 0.25) is 19.6 Å². The van der Waals surface area contributed by atoms with Gasteiger partial charge in [0.25, 0.3) is 0 Å². The lowest BCUT2D eigenvalue weighted by Crippen LogP contribution is -2.46. The third-order valence-corrected chi connectivity index (χ3v) is 5.35. The van der Waals surface area contributed by atoms with E-state index in [4.69, 9.17) is 9.16 Å². The van der Waals surface area contributed by atoms with Crippen LogP contribution in [0.25, 0.3) is 0 Å². The summed E-state index contributed by atoms with van der Waals surface area (Å²) in [6.07, 6.45) is 3.09. The molecule has 0 N–H and O–H groups in total. The fourth-order valence-electron chi connectivity index (χ4n) is 3.68. The maximum Gasteiger partial charge on any atom is 0.309 e. The van der Waals surface area contributed by atoms with Crippen LogP contribution in [0.5, 0.6) is 0 Å². The van der Waals surface area contributed by atoms with Crippen molar-refractivity contribution in [3.05, 3.63) is 11.3 Å². The molecule has 0 radical (unpaired) electrons. The number of carbonyl (C=O) groups is 1. The number of hydrogen-bond acceptors (Lipinski definition) is 3. The van der Waals surface area contributed by atoms with Crippen molar-refractivity contribution in [3.63, 3.8) is 0 Å². The van der Waals surface area contributed by atoms with E-state index in [0.717, 1.165) is 19.3 Å². The molecule has 4 heteroatoms. The summed E-state index contributed by atoms with van der Waals surface area (Å²) >= 11 is 0. The zero-order valence-electron chi connectivity index (χ0n) is 13.0. The highest BCUT2D eigenvalue weighted by atomic mass is 28.4. The van der Waals surface area contributed by atoms with Gasteiger partial charge in [-0.25, -0.2) is 0 Å². The lowest BCUT2D eigenvalue weighted by Gasteiger charge is -2.50. The van der Waals surface area contributed by atoms with Crippen LogP contribution in [-0.4, -0.2) is 21.4 Å². The Hall–Kier alpha value is -0.773. The van der Waals surface area contributed by atoms with E-state index in [-0.39, 0.29) is 17.3 Å². The maximum atomic E-state index is 12.0. The molecule has 0 heterocycles. The third kappa shape index (κ3) is 2.60. The van der Waals surface area contributed by atoms with Crippen LogP contribution in [0.1, 0.15) is 33.1 Å². The zero-order chi connectivity index (χ0) is 14.4. The molecule has 1 fully saturated rings. The van der Waals surface area contributed by atoms with Crippen molar-refractivity contribution in [2.45, 2.75) is 52.8 Å². The second kappa shape index (κ2) is 4.65. The number of allylic oxidation sites excluding steroid dienone is 2. The first-order chi connectivity index (χ1) is 8.68. The summed E-state index contributed by atoms with van der Waals surface area (Å²) in [4.78, 5) is 12.0. The molecular formula is C15H26O3Si. The van der Waals surface area contributed by atoms with E-state index < -0.39 is 8.32 Å². The van der Waals surface area contributed by atoms with E-state index >= 15 is 0 Å². The van der Waals surface area contributed by atoms with E-state index in [1.165, 1.54) is 18.4 Å².